The van der Waals surface area contributed by atoms with E-state index in [-0.39, 0.29) is 17.1 Å². The van der Waals surface area contributed by atoms with Gasteiger partial charge in [-0.2, -0.15) is 0 Å². The van der Waals surface area contributed by atoms with Gasteiger partial charge < -0.3 is 4.42 Å². The number of aryl methyl sites for hydroxylation is 1. The van der Waals surface area contributed by atoms with Gasteiger partial charge in [0.15, 0.2) is 0 Å². The average Bonchev–Trinajstić information content (AvgIpc) is 3.30. The quantitative estimate of drug-likeness (QED) is 0.225. The van der Waals surface area contributed by atoms with Crippen molar-refractivity contribution in [1.82, 2.24) is 4.90 Å². The number of hydrogen-bond donors (Lipinski definition) is 0. The van der Waals surface area contributed by atoms with E-state index in [1.165, 1.54) is 12.1 Å². The Morgan fingerprint density at radius 2 is 1.84 bits per heavy atom. The van der Waals surface area contributed by atoms with Crippen LogP contribution in [0.1, 0.15) is 16.9 Å². The van der Waals surface area contributed by atoms with Gasteiger partial charge in [0, 0.05) is 38.9 Å². The summed E-state index contributed by atoms with van der Waals surface area (Å²) in [6.45, 7) is 1.61. The maximum absolute atomic E-state index is 12.8. The van der Waals surface area contributed by atoms with E-state index >= 15 is 0 Å². The second-order valence-electron chi connectivity index (χ2n) is 6.93. The molecule has 0 atom stereocenters. The van der Waals surface area contributed by atoms with E-state index in [4.69, 9.17) is 27.6 Å². The topological polar surface area (TPSA) is 93.7 Å². The number of amides is 2. The highest BCUT2D eigenvalue weighted by Gasteiger charge is 2.36. The zero-order chi connectivity index (χ0) is 23.0. The Kier molecular flexibility index (Phi) is 6.10. The van der Waals surface area contributed by atoms with Crippen molar-refractivity contribution < 1.29 is 18.9 Å². The Morgan fingerprint density at radius 1 is 1.12 bits per heavy atom. The summed E-state index contributed by atoms with van der Waals surface area (Å²) < 4.78 is 5.78. The van der Waals surface area contributed by atoms with Gasteiger partial charge in [0.2, 0.25) is 0 Å². The number of nitro benzene ring substituents is 1. The molecule has 0 radical (unpaired) electrons. The number of carbonyl (C=O) groups is 2. The zero-order valence-corrected chi connectivity index (χ0v) is 18.8. The zero-order valence-electron chi connectivity index (χ0n) is 16.5. The second kappa shape index (κ2) is 8.82. The Balaban J connectivity index is 1.56. The normalized spacial score (nSPS) is 15.1. The van der Waals surface area contributed by atoms with Gasteiger partial charge in [-0.25, -0.2) is 0 Å². The Morgan fingerprint density at radius 3 is 2.50 bits per heavy atom. The van der Waals surface area contributed by atoms with E-state index in [1.54, 1.807) is 49.4 Å². The van der Waals surface area contributed by atoms with Gasteiger partial charge in [-0.1, -0.05) is 29.3 Å². The fraction of sp³-hybridized carbons (Fsp3) is 0.0909. The van der Waals surface area contributed by atoms with Gasteiger partial charge in [0.25, 0.3) is 16.8 Å². The standard InChI is InChI=1S/C22H14Cl2N2O5S/c1-12-9-13(5-7-18(12)26(29)30)19-8-6-14(31-19)10-20-21(27)25(22(28)32-20)11-15-16(23)3-2-4-17(15)24/h2-10H,11H2,1H3/b20-10-. The molecule has 32 heavy (non-hydrogen) atoms. The van der Waals surface area contributed by atoms with Gasteiger partial charge in [-0.15, -0.1) is 0 Å². The number of halogens is 2. The summed E-state index contributed by atoms with van der Waals surface area (Å²) in [5.41, 5.74) is 1.68. The highest BCUT2D eigenvalue weighted by atomic mass is 35.5. The second-order valence-corrected chi connectivity index (χ2v) is 8.74. The third-order valence-corrected chi connectivity index (χ3v) is 6.45. The fourth-order valence-electron chi connectivity index (χ4n) is 3.21. The van der Waals surface area contributed by atoms with Crippen molar-refractivity contribution in [3.05, 3.63) is 90.5 Å². The number of carbonyl (C=O) groups excluding carboxylic acids is 2. The largest absolute Gasteiger partial charge is 0.457 e. The summed E-state index contributed by atoms with van der Waals surface area (Å²) in [6.07, 6.45) is 1.49. The van der Waals surface area contributed by atoms with Crippen molar-refractivity contribution in [2.45, 2.75) is 13.5 Å². The molecular weight excluding hydrogens is 475 g/mol. The lowest BCUT2D eigenvalue weighted by Crippen LogP contribution is -2.27. The average molecular weight is 489 g/mol. The van der Waals surface area contributed by atoms with E-state index in [0.29, 0.717) is 38.3 Å². The van der Waals surface area contributed by atoms with Crippen LogP contribution in [0.25, 0.3) is 17.4 Å². The molecule has 2 heterocycles. The number of nitrogens with zero attached hydrogens (tertiary/aromatic N) is 2. The molecule has 4 rings (SSSR count). The van der Waals surface area contributed by atoms with E-state index in [9.17, 15) is 19.7 Å². The highest BCUT2D eigenvalue weighted by molar-refractivity contribution is 8.18. The van der Waals surface area contributed by atoms with Crippen LogP contribution in [0, 0.1) is 17.0 Å². The maximum atomic E-state index is 12.8. The molecule has 1 aromatic heterocycles. The van der Waals surface area contributed by atoms with Crippen LogP contribution in [0.3, 0.4) is 0 Å². The molecule has 0 saturated carbocycles. The minimum atomic E-state index is -0.472. The number of thioether (sulfide) groups is 1. The predicted octanol–water partition coefficient (Wildman–Crippen LogP) is 6.71. The molecule has 0 N–H and O–H groups in total. The highest BCUT2D eigenvalue weighted by Crippen LogP contribution is 2.36. The Hall–Kier alpha value is -3.07. The van der Waals surface area contributed by atoms with E-state index in [2.05, 4.69) is 0 Å². The maximum Gasteiger partial charge on any atom is 0.293 e. The number of imide groups is 1. The molecule has 2 amide bonds. The number of furan rings is 1. The molecule has 1 aliphatic rings. The Labute approximate surface area is 196 Å². The monoisotopic (exact) mass is 488 g/mol. The summed E-state index contributed by atoms with van der Waals surface area (Å²) in [7, 11) is 0. The van der Waals surface area contributed by atoms with Crippen molar-refractivity contribution in [3.8, 4) is 11.3 Å². The first-order valence-electron chi connectivity index (χ1n) is 9.28. The SMILES string of the molecule is Cc1cc(-c2ccc(/C=C3\SC(=O)N(Cc4c(Cl)cccc4Cl)C3=O)o2)ccc1[N+](=O)[O-]. The van der Waals surface area contributed by atoms with Crippen LogP contribution in [0.2, 0.25) is 10.0 Å². The van der Waals surface area contributed by atoms with E-state index < -0.39 is 16.1 Å². The third-order valence-electron chi connectivity index (χ3n) is 4.83. The summed E-state index contributed by atoms with van der Waals surface area (Å²) in [5, 5.41) is 11.3. The molecule has 10 heteroatoms. The van der Waals surface area contributed by atoms with Crippen LogP contribution in [-0.2, 0) is 11.3 Å². The van der Waals surface area contributed by atoms with E-state index in [0.717, 1.165) is 16.7 Å². The van der Waals surface area contributed by atoms with Crippen LogP contribution in [0.5, 0.6) is 0 Å². The number of rotatable bonds is 5. The first-order chi connectivity index (χ1) is 15.2. The fourth-order valence-corrected chi connectivity index (χ4v) is 4.54. The number of hydrogen-bond acceptors (Lipinski definition) is 6. The van der Waals surface area contributed by atoms with Crippen LogP contribution < -0.4 is 0 Å². The van der Waals surface area contributed by atoms with Crippen molar-refractivity contribution >= 4 is 57.9 Å². The third kappa shape index (κ3) is 4.29. The van der Waals surface area contributed by atoms with Crippen molar-refractivity contribution in [1.29, 1.82) is 0 Å². The predicted molar refractivity (Wildman–Crippen MR) is 124 cm³/mol. The summed E-state index contributed by atoms with van der Waals surface area (Å²) >= 11 is 13.1. The molecule has 0 spiro atoms. The molecule has 0 aliphatic carbocycles. The number of nitro groups is 1. The summed E-state index contributed by atoms with van der Waals surface area (Å²) in [5.74, 6) is 0.383. The van der Waals surface area contributed by atoms with Crippen LogP contribution in [0.15, 0.2) is 57.9 Å². The molecule has 1 saturated heterocycles. The molecule has 7 nitrogen and oxygen atoms in total. The lowest BCUT2D eigenvalue weighted by atomic mass is 10.1. The van der Waals surface area contributed by atoms with Gasteiger partial charge in [0.1, 0.15) is 11.5 Å². The smallest absolute Gasteiger partial charge is 0.293 e. The first-order valence-corrected chi connectivity index (χ1v) is 10.9. The van der Waals surface area contributed by atoms with Gasteiger partial charge >= 0.3 is 0 Å². The summed E-state index contributed by atoms with van der Waals surface area (Å²) in [4.78, 5) is 37.0. The number of benzene rings is 2. The molecule has 1 aliphatic heterocycles. The van der Waals surface area contributed by atoms with Crippen molar-refractivity contribution in [2.24, 2.45) is 0 Å². The Bertz CT molecular complexity index is 1280. The van der Waals surface area contributed by atoms with Crippen LogP contribution in [-0.4, -0.2) is 21.0 Å². The minimum absolute atomic E-state index is 0.0211. The van der Waals surface area contributed by atoms with Gasteiger partial charge in [0.05, 0.1) is 16.4 Å². The van der Waals surface area contributed by atoms with E-state index in [1.807, 2.05) is 0 Å². The minimum Gasteiger partial charge on any atom is -0.457 e. The van der Waals surface area contributed by atoms with Crippen molar-refractivity contribution in [2.75, 3.05) is 0 Å². The van der Waals surface area contributed by atoms with Gasteiger partial charge in [-0.3, -0.25) is 24.6 Å². The molecule has 1 fully saturated rings. The molecule has 162 valence electrons. The lowest BCUT2D eigenvalue weighted by molar-refractivity contribution is -0.385. The summed E-state index contributed by atoms with van der Waals surface area (Å²) in [6, 6.07) is 13.0. The molecule has 0 bridgehead atoms. The molecule has 0 unspecified atom stereocenters. The van der Waals surface area contributed by atoms with Crippen molar-refractivity contribution in [3.63, 3.8) is 0 Å². The van der Waals surface area contributed by atoms with Gasteiger partial charge in [-0.05, 0) is 55.1 Å². The van der Waals surface area contributed by atoms with Crippen LogP contribution in [0.4, 0.5) is 10.5 Å². The lowest BCUT2D eigenvalue weighted by Gasteiger charge is -2.14. The molecular formula is C22H14Cl2N2O5S. The molecule has 3 aromatic rings. The first kappa shape index (κ1) is 22.1. The van der Waals surface area contributed by atoms with Crippen LogP contribution >= 0.6 is 35.0 Å². The molecule has 2 aromatic carbocycles.